The molecule has 0 bridgehead atoms. The summed E-state index contributed by atoms with van der Waals surface area (Å²) in [6.45, 7) is 6.99. The third-order valence-electron chi connectivity index (χ3n) is 4.17. The lowest BCUT2D eigenvalue weighted by molar-refractivity contribution is 0.299. The summed E-state index contributed by atoms with van der Waals surface area (Å²) in [7, 11) is 0. The van der Waals surface area contributed by atoms with E-state index in [0.717, 1.165) is 10.4 Å². The minimum absolute atomic E-state index is 0.0219. The minimum Gasteiger partial charge on any atom is -0.490 e. The average molecular weight is 401 g/mol. The Hall–Kier alpha value is -2.60. The van der Waals surface area contributed by atoms with Crippen LogP contribution in [0.25, 0.3) is 10.4 Å². The Morgan fingerprint density at radius 3 is 2.43 bits per heavy atom. The van der Waals surface area contributed by atoms with Crippen LogP contribution in [-0.4, -0.2) is 17.1 Å². The lowest BCUT2D eigenvalue weighted by Gasteiger charge is -2.18. The zero-order valence-corrected chi connectivity index (χ0v) is 17.2. The van der Waals surface area contributed by atoms with Crippen molar-refractivity contribution in [3.05, 3.63) is 70.8 Å². The van der Waals surface area contributed by atoms with E-state index in [9.17, 15) is 9.18 Å². The number of aromatic nitrogens is 1. The number of para-hydroxylation sites is 1. The van der Waals surface area contributed by atoms with Crippen molar-refractivity contribution in [3.8, 4) is 16.2 Å². The molecule has 1 aromatic heterocycles. The minimum atomic E-state index is -0.368. The van der Waals surface area contributed by atoms with Crippen molar-refractivity contribution in [2.75, 3.05) is 18.5 Å². The van der Waals surface area contributed by atoms with Crippen molar-refractivity contribution in [1.82, 2.24) is 3.96 Å². The van der Waals surface area contributed by atoms with Crippen molar-refractivity contribution in [2.45, 2.75) is 32.7 Å². The molecular formula is C22H25FN2O2S. The van der Waals surface area contributed by atoms with E-state index < -0.39 is 0 Å². The zero-order valence-electron chi connectivity index (χ0n) is 16.4. The summed E-state index contributed by atoms with van der Waals surface area (Å²) in [5, 5.41) is 3.28. The molecule has 0 aliphatic carbocycles. The smallest absolute Gasteiger partial charge is 0.285 e. The molecule has 0 aliphatic heterocycles. The van der Waals surface area contributed by atoms with Gasteiger partial charge in [-0.15, -0.1) is 0 Å². The third-order valence-corrected chi connectivity index (χ3v) is 5.69. The lowest BCUT2D eigenvalue weighted by Crippen LogP contribution is -2.30. The Morgan fingerprint density at radius 1 is 1.07 bits per heavy atom. The molecule has 6 heteroatoms. The van der Waals surface area contributed by atoms with E-state index in [0.29, 0.717) is 25.3 Å². The van der Waals surface area contributed by atoms with Crippen LogP contribution in [0.3, 0.4) is 0 Å². The number of ether oxygens (including phenoxy) is 1. The molecule has 4 nitrogen and oxygen atoms in total. The maximum absolute atomic E-state index is 13.6. The number of benzene rings is 2. The molecule has 1 heterocycles. The first-order valence-corrected chi connectivity index (χ1v) is 10.1. The molecule has 0 atom stereocenters. The van der Waals surface area contributed by atoms with Crippen LogP contribution < -0.4 is 15.6 Å². The van der Waals surface area contributed by atoms with Gasteiger partial charge in [-0.25, -0.2) is 4.39 Å². The van der Waals surface area contributed by atoms with E-state index in [-0.39, 0.29) is 22.7 Å². The monoisotopic (exact) mass is 400 g/mol. The molecule has 0 fully saturated rings. The molecule has 28 heavy (non-hydrogen) atoms. The number of rotatable bonds is 7. The van der Waals surface area contributed by atoms with E-state index in [1.165, 1.54) is 17.6 Å². The van der Waals surface area contributed by atoms with Gasteiger partial charge in [0.05, 0.1) is 17.0 Å². The van der Waals surface area contributed by atoms with Crippen LogP contribution in [-0.2, 0) is 5.54 Å². The summed E-state index contributed by atoms with van der Waals surface area (Å²) in [4.78, 5) is 13.9. The molecular weight excluding hydrogens is 375 g/mol. The molecule has 3 aromatic rings. The highest BCUT2D eigenvalue weighted by molar-refractivity contribution is 7.11. The van der Waals surface area contributed by atoms with Crippen LogP contribution in [0.15, 0.2) is 59.4 Å². The first kappa shape index (κ1) is 20.1. The molecule has 1 N–H and O–H groups in total. The van der Waals surface area contributed by atoms with Crippen molar-refractivity contribution in [1.29, 1.82) is 0 Å². The molecule has 0 unspecified atom stereocenters. The quantitative estimate of drug-likeness (QED) is 0.544. The second-order valence-corrected chi connectivity index (χ2v) is 8.45. The summed E-state index contributed by atoms with van der Waals surface area (Å²) in [6, 6.07) is 16.3. The summed E-state index contributed by atoms with van der Waals surface area (Å²) in [6.07, 6.45) is 0.646. The van der Waals surface area contributed by atoms with Crippen molar-refractivity contribution >= 4 is 17.2 Å². The van der Waals surface area contributed by atoms with Crippen LogP contribution in [0.1, 0.15) is 27.2 Å². The Balaban J connectivity index is 1.71. The summed E-state index contributed by atoms with van der Waals surface area (Å²) in [5.74, 6) is -0.120. The first-order valence-electron chi connectivity index (χ1n) is 9.31. The molecule has 0 saturated carbocycles. The van der Waals surface area contributed by atoms with E-state index in [2.05, 4.69) is 5.32 Å². The molecule has 148 valence electrons. The number of anilines is 1. The predicted octanol–water partition coefficient (Wildman–Crippen LogP) is 5.35. The standard InChI is InChI=1S/C22H25FN2O2S/c1-22(2,3)25-21(26)19(20(28-25)16-10-5-4-6-11-16)24-14-9-15-27-18-13-8-7-12-17(18)23/h4-8,10-13,24H,9,14-15H2,1-3H3. The predicted molar refractivity (Wildman–Crippen MR) is 114 cm³/mol. The van der Waals surface area contributed by atoms with Gasteiger partial charge in [-0.2, -0.15) is 0 Å². The Labute approximate surface area is 168 Å². The van der Waals surface area contributed by atoms with E-state index in [4.69, 9.17) is 4.74 Å². The topological polar surface area (TPSA) is 43.3 Å². The first-order chi connectivity index (χ1) is 13.4. The van der Waals surface area contributed by atoms with Gasteiger partial charge in [0.15, 0.2) is 11.6 Å². The van der Waals surface area contributed by atoms with Crippen molar-refractivity contribution < 1.29 is 9.13 Å². The normalized spacial score (nSPS) is 11.4. The highest BCUT2D eigenvalue weighted by atomic mass is 32.1. The number of hydrogen-bond donors (Lipinski definition) is 1. The Morgan fingerprint density at radius 2 is 1.75 bits per heavy atom. The van der Waals surface area contributed by atoms with Gasteiger partial charge in [0.1, 0.15) is 5.69 Å². The fourth-order valence-electron chi connectivity index (χ4n) is 2.79. The fourth-order valence-corrected chi connectivity index (χ4v) is 3.91. The average Bonchev–Trinajstić information content (AvgIpc) is 3.00. The molecule has 0 saturated heterocycles. The molecule has 0 radical (unpaired) electrons. The Bertz CT molecular complexity index is 974. The molecule has 2 aromatic carbocycles. The highest BCUT2D eigenvalue weighted by Crippen LogP contribution is 2.33. The summed E-state index contributed by atoms with van der Waals surface area (Å²) in [5.41, 5.74) is 1.31. The van der Waals surface area contributed by atoms with Gasteiger partial charge in [-0.05, 0) is 44.9 Å². The molecule has 0 aliphatic rings. The number of hydrogen-bond acceptors (Lipinski definition) is 4. The second-order valence-electron chi connectivity index (χ2n) is 7.49. The maximum Gasteiger partial charge on any atom is 0.285 e. The third kappa shape index (κ3) is 4.62. The zero-order chi connectivity index (χ0) is 20.1. The maximum atomic E-state index is 13.6. The van der Waals surface area contributed by atoms with Crippen LogP contribution in [0, 0.1) is 5.82 Å². The van der Waals surface area contributed by atoms with Gasteiger partial charge >= 0.3 is 0 Å². The van der Waals surface area contributed by atoms with Crippen LogP contribution in [0.4, 0.5) is 10.1 Å². The van der Waals surface area contributed by atoms with Gasteiger partial charge < -0.3 is 10.1 Å². The molecule has 0 spiro atoms. The Kier molecular flexibility index (Phi) is 6.19. The SMILES string of the molecule is CC(C)(C)n1sc(-c2ccccc2)c(NCCCOc2ccccc2F)c1=O. The van der Waals surface area contributed by atoms with Gasteiger partial charge in [-0.1, -0.05) is 54.0 Å². The molecule has 0 amide bonds. The molecule has 3 rings (SSSR count). The van der Waals surface area contributed by atoms with Crippen LogP contribution in [0.2, 0.25) is 0 Å². The lowest BCUT2D eigenvalue weighted by atomic mass is 10.1. The summed E-state index contributed by atoms with van der Waals surface area (Å²) < 4.78 is 20.9. The van der Waals surface area contributed by atoms with Gasteiger partial charge in [0, 0.05) is 6.54 Å². The van der Waals surface area contributed by atoms with E-state index in [1.807, 2.05) is 51.1 Å². The fraction of sp³-hybridized carbons (Fsp3) is 0.318. The highest BCUT2D eigenvalue weighted by Gasteiger charge is 2.23. The number of halogens is 1. The van der Waals surface area contributed by atoms with E-state index >= 15 is 0 Å². The van der Waals surface area contributed by atoms with Gasteiger partial charge in [0.25, 0.3) is 5.56 Å². The summed E-state index contributed by atoms with van der Waals surface area (Å²) >= 11 is 1.47. The number of nitrogens with one attached hydrogen (secondary N) is 1. The van der Waals surface area contributed by atoms with E-state index in [1.54, 1.807) is 22.2 Å². The number of nitrogens with zero attached hydrogens (tertiary/aromatic N) is 1. The largest absolute Gasteiger partial charge is 0.490 e. The second kappa shape index (κ2) is 8.61. The van der Waals surface area contributed by atoms with Crippen LogP contribution >= 0.6 is 11.5 Å². The van der Waals surface area contributed by atoms with Crippen molar-refractivity contribution in [2.24, 2.45) is 0 Å². The van der Waals surface area contributed by atoms with Gasteiger partial charge in [-0.3, -0.25) is 8.75 Å². The van der Waals surface area contributed by atoms with Gasteiger partial charge in [0.2, 0.25) is 0 Å². The van der Waals surface area contributed by atoms with Crippen LogP contribution in [0.5, 0.6) is 5.75 Å². The van der Waals surface area contributed by atoms with Crippen molar-refractivity contribution in [3.63, 3.8) is 0 Å².